The third-order valence-electron chi connectivity index (χ3n) is 4.11. The third-order valence-corrected chi connectivity index (χ3v) is 4.11. The molecule has 1 aliphatic rings. The lowest BCUT2D eigenvalue weighted by molar-refractivity contribution is -0.123. The molecule has 2 N–H and O–H groups in total. The lowest BCUT2D eigenvalue weighted by Crippen LogP contribution is -2.30. The van der Waals surface area contributed by atoms with Gasteiger partial charge in [0.05, 0.1) is 12.0 Å². The first kappa shape index (κ1) is 13.6. The number of aromatic nitrogens is 1. The summed E-state index contributed by atoms with van der Waals surface area (Å²) in [4.78, 5) is 16.5. The molecule has 2 atom stereocenters. The number of fused-ring (bicyclic) bond motifs is 1. The molecular weight excluding hydrogens is 264 g/mol. The van der Waals surface area contributed by atoms with Gasteiger partial charge in [0.15, 0.2) is 0 Å². The van der Waals surface area contributed by atoms with Crippen LogP contribution in [0.1, 0.15) is 42.0 Å². The fraction of sp³-hybridized carbons (Fsp3) is 0.294. The van der Waals surface area contributed by atoms with Gasteiger partial charge >= 0.3 is 0 Å². The standard InChI is InChI=1S/C17H18N2O2/c1-11(12-7-9-18-10-8-12)19-17(21)14-6-5-13-3-2-4-15(20)16(13)14/h2-4,7-11,14,20H,5-6H2,1H3,(H,19,21)/t11-,14?/m1/s1. The van der Waals surface area contributed by atoms with Gasteiger partial charge < -0.3 is 10.4 Å². The maximum Gasteiger partial charge on any atom is 0.228 e. The van der Waals surface area contributed by atoms with E-state index in [9.17, 15) is 9.90 Å². The van der Waals surface area contributed by atoms with Crippen LogP contribution < -0.4 is 5.32 Å². The molecule has 1 aromatic carbocycles. The number of nitrogens with one attached hydrogen (secondary N) is 1. The summed E-state index contributed by atoms with van der Waals surface area (Å²) in [6, 6.07) is 9.17. The number of hydrogen-bond acceptors (Lipinski definition) is 3. The van der Waals surface area contributed by atoms with Crippen molar-refractivity contribution in [2.75, 3.05) is 0 Å². The minimum Gasteiger partial charge on any atom is -0.508 e. The SMILES string of the molecule is C[C@@H](NC(=O)C1CCc2cccc(O)c21)c1ccncc1. The van der Waals surface area contributed by atoms with E-state index in [1.807, 2.05) is 31.2 Å². The number of carbonyl (C=O) groups excluding carboxylic acids is 1. The number of rotatable bonds is 3. The summed E-state index contributed by atoms with van der Waals surface area (Å²) in [6.45, 7) is 1.95. The summed E-state index contributed by atoms with van der Waals surface area (Å²) in [5, 5.41) is 13.0. The van der Waals surface area contributed by atoms with Gasteiger partial charge in [0.25, 0.3) is 0 Å². The molecule has 1 unspecified atom stereocenters. The van der Waals surface area contributed by atoms with Crippen LogP contribution in [-0.4, -0.2) is 16.0 Å². The Kier molecular flexibility index (Phi) is 3.60. The van der Waals surface area contributed by atoms with Gasteiger partial charge in [0.1, 0.15) is 5.75 Å². The summed E-state index contributed by atoms with van der Waals surface area (Å²) >= 11 is 0. The van der Waals surface area contributed by atoms with E-state index < -0.39 is 0 Å². The number of nitrogens with zero attached hydrogens (tertiary/aromatic N) is 1. The summed E-state index contributed by atoms with van der Waals surface area (Å²) in [7, 11) is 0. The first-order valence-corrected chi connectivity index (χ1v) is 7.18. The number of amides is 1. The van der Waals surface area contributed by atoms with Gasteiger partial charge in [-0.05, 0) is 49.1 Å². The number of aryl methyl sites for hydroxylation is 1. The Bertz CT molecular complexity index is 655. The van der Waals surface area contributed by atoms with Crippen LogP contribution in [0, 0.1) is 0 Å². The van der Waals surface area contributed by atoms with Crippen molar-refractivity contribution in [2.24, 2.45) is 0 Å². The van der Waals surface area contributed by atoms with Crippen molar-refractivity contribution < 1.29 is 9.90 Å². The molecule has 1 aliphatic carbocycles. The van der Waals surface area contributed by atoms with Crippen molar-refractivity contribution in [2.45, 2.75) is 31.7 Å². The Morgan fingerprint density at radius 3 is 2.86 bits per heavy atom. The van der Waals surface area contributed by atoms with Crippen LogP contribution in [0.4, 0.5) is 0 Å². The second-order valence-corrected chi connectivity index (χ2v) is 5.45. The Hall–Kier alpha value is -2.36. The predicted octanol–water partition coefficient (Wildman–Crippen LogP) is 2.69. The number of benzene rings is 1. The van der Waals surface area contributed by atoms with Crippen molar-refractivity contribution in [3.63, 3.8) is 0 Å². The summed E-state index contributed by atoms with van der Waals surface area (Å²) in [6.07, 6.45) is 5.02. The Morgan fingerprint density at radius 2 is 2.10 bits per heavy atom. The van der Waals surface area contributed by atoms with Crippen LogP contribution in [0.2, 0.25) is 0 Å². The monoisotopic (exact) mass is 282 g/mol. The second-order valence-electron chi connectivity index (χ2n) is 5.45. The molecule has 108 valence electrons. The highest BCUT2D eigenvalue weighted by Crippen LogP contribution is 2.39. The van der Waals surface area contributed by atoms with Crippen molar-refractivity contribution >= 4 is 5.91 Å². The molecule has 4 heteroatoms. The Labute approximate surface area is 123 Å². The molecule has 0 fully saturated rings. The van der Waals surface area contributed by atoms with Crippen molar-refractivity contribution in [1.29, 1.82) is 0 Å². The van der Waals surface area contributed by atoms with Crippen LogP contribution in [0.15, 0.2) is 42.7 Å². The molecule has 3 rings (SSSR count). The normalized spacial score (nSPS) is 18.0. The van der Waals surface area contributed by atoms with Gasteiger partial charge in [-0.1, -0.05) is 12.1 Å². The highest BCUT2D eigenvalue weighted by atomic mass is 16.3. The average molecular weight is 282 g/mol. The average Bonchev–Trinajstić information content (AvgIpc) is 2.93. The minimum atomic E-state index is -0.259. The lowest BCUT2D eigenvalue weighted by Gasteiger charge is -2.18. The highest BCUT2D eigenvalue weighted by molar-refractivity contribution is 5.86. The highest BCUT2D eigenvalue weighted by Gasteiger charge is 2.31. The summed E-state index contributed by atoms with van der Waals surface area (Å²) in [5.41, 5.74) is 2.89. The van der Waals surface area contributed by atoms with Crippen LogP contribution >= 0.6 is 0 Å². The molecular formula is C17H18N2O2. The summed E-state index contributed by atoms with van der Waals surface area (Å²) < 4.78 is 0. The van der Waals surface area contributed by atoms with Crippen molar-refractivity contribution in [3.05, 3.63) is 59.4 Å². The zero-order valence-corrected chi connectivity index (χ0v) is 11.9. The van der Waals surface area contributed by atoms with E-state index in [0.717, 1.165) is 29.5 Å². The van der Waals surface area contributed by atoms with E-state index in [-0.39, 0.29) is 23.6 Å². The first-order chi connectivity index (χ1) is 10.2. The number of phenolic OH excluding ortho intramolecular Hbond substituents is 1. The molecule has 1 heterocycles. The molecule has 0 radical (unpaired) electrons. The van der Waals surface area contributed by atoms with Crippen LogP contribution in [0.25, 0.3) is 0 Å². The van der Waals surface area contributed by atoms with E-state index >= 15 is 0 Å². The predicted molar refractivity (Wildman–Crippen MR) is 80.0 cm³/mol. The Balaban J connectivity index is 1.76. The first-order valence-electron chi connectivity index (χ1n) is 7.18. The van der Waals surface area contributed by atoms with Crippen LogP contribution in [0.3, 0.4) is 0 Å². The third kappa shape index (κ3) is 2.61. The lowest BCUT2D eigenvalue weighted by atomic mass is 9.98. The van der Waals surface area contributed by atoms with Gasteiger partial charge in [-0.3, -0.25) is 9.78 Å². The largest absolute Gasteiger partial charge is 0.508 e. The maximum atomic E-state index is 12.5. The van der Waals surface area contributed by atoms with Crippen molar-refractivity contribution in [3.8, 4) is 5.75 Å². The van der Waals surface area contributed by atoms with E-state index in [1.54, 1.807) is 18.5 Å². The van der Waals surface area contributed by atoms with E-state index in [1.165, 1.54) is 0 Å². The molecule has 0 saturated heterocycles. The topological polar surface area (TPSA) is 62.2 Å². The van der Waals surface area contributed by atoms with Gasteiger partial charge in [-0.2, -0.15) is 0 Å². The molecule has 0 aliphatic heterocycles. The van der Waals surface area contributed by atoms with E-state index in [4.69, 9.17) is 0 Å². The van der Waals surface area contributed by atoms with Crippen molar-refractivity contribution in [1.82, 2.24) is 10.3 Å². The molecule has 4 nitrogen and oxygen atoms in total. The van der Waals surface area contributed by atoms with Gasteiger partial charge in [0, 0.05) is 18.0 Å². The van der Waals surface area contributed by atoms with Crippen LogP contribution in [-0.2, 0) is 11.2 Å². The molecule has 1 aromatic heterocycles. The molecule has 0 saturated carbocycles. The summed E-state index contributed by atoms with van der Waals surface area (Å²) in [5.74, 6) is -0.0632. The van der Waals surface area contributed by atoms with Gasteiger partial charge in [-0.15, -0.1) is 0 Å². The van der Waals surface area contributed by atoms with Gasteiger partial charge in [-0.25, -0.2) is 0 Å². The zero-order chi connectivity index (χ0) is 14.8. The van der Waals surface area contributed by atoms with E-state index in [0.29, 0.717) is 0 Å². The Morgan fingerprint density at radius 1 is 1.33 bits per heavy atom. The van der Waals surface area contributed by atoms with Gasteiger partial charge in [0.2, 0.25) is 5.91 Å². The second kappa shape index (κ2) is 5.56. The molecule has 2 aromatic rings. The molecule has 0 bridgehead atoms. The minimum absolute atomic E-state index is 0.0282. The number of aromatic hydroxyl groups is 1. The quantitative estimate of drug-likeness (QED) is 0.910. The molecule has 21 heavy (non-hydrogen) atoms. The number of hydrogen-bond donors (Lipinski definition) is 2. The van der Waals surface area contributed by atoms with E-state index in [2.05, 4.69) is 10.3 Å². The zero-order valence-electron chi connectivity index (χ0n) is 11.9. The molecule has 1 amide bonds. The smallest absolute Gasteiger partial charge is 0.228 e. The fourth-order valence-electron chi connectivity index (χ4n) is 2.98. The van der Waals surface area contributed by atoms with Crippen LogP contribution in [0.5, 0.6) is 5.75 Å². The number of phenols is 1. The fourth-order valence-corrected chi connectivity index (χ4v) is 2.98. The number of carbonyl (C=O) groups is 1. The molecule has 0 spiro atoms. The number of pyridine rings is 1. The maximum absolute atomic E-state index is 12.5.